The van der Waals surface area contributed by atoms with E-state index in [-0.39, 0.29) is 17.5 Å². The molecule has 0 radical (unpaired) electrons. The van der Waals surface area contributed by atoms with Gasteiger partial charge in [-0.25, -0.2) is 9.18 Å². The fourth-order valence-electron chi connectivity index (χ4n) is 1.94. The predicted octanol–water partition coefficient (Wildman–Crippen LogP) is 3.22. The molecule has 1 N–H and O–H groups in total. The van der Waals surface area contributed by atoms with Gasteiger partial charge in [0.1, 0.15) is 5.82 Å². The number of carbonyl (C=O) groups excluding carboxylic acids is 2. The van der Waals surface area contributed by atoms with Gasteiger partial charge in [-0.15, -0.1) is 0 Å². The first kappa shape index (κ1) is 16.3. The van der Waals surface area contributed by atoms with Gasteiger partial charge < -0.3 is 5.11 Å². The summed E-state index contributed by atoms with van der Waals surface area (Å²) in [6, 6.07) is 9.59. The van der Waals surface area contributed by atoms with Gasteiger partial charge in [-0.05, 0) is 49.2 Å². The predicted molar refractivity (Wildman–Crippen MR) is 73.3 cm³/mol. The van der Waals surface area contributed by atoms with Crippen molar-refractivity contribution >= 4 is 12.1 Å². The highest BCUT2D eigenvalue weighted by atomic mass is 19.1. The summed E-state index contributed by atoms with van der Waals surface area (Å²) in [5.41, 5.74) is 3.16. The number of hydrogen-bond donors (Lipinski definition) is 1. The molecule has 0 bridgehead atoms. The van der Waals surface area contributed by atoms with Crippen LogP contribution in [0.2, 0.25) is 0 Å². The normalized spacial score (nSPS) is 9.29. The summed E-state index contributed by atoms with van der Waals surface area (Å²) in [6.07, 6.45) is 0.250. The van der Waals surface area contributed by atoms with Gasteiger partial charge in [-0.2, -0.15) is 9.59 Å². The fraction of sp³-hybridized carbons (Fsp3) is 0.125. The standard InChI is InChI=1S/C15H13FO2.CO2/c1-9-3-6-14(16)13(7-9)12-5-4-11(15(17)18)8-10(12)2;2-1-3/h3-8H,1-2H3,(H,17,18);. The van der Waals surface area contributed by atoms with Gasteiger partial charge in [0.2, 0.25) is 0 Å². The smallest absolute Gasteiger partial charge is 0.373 e. The Morgan fingerprint density at radius 3 is 2.19 bits per heavy atom. The number of benzene rings is 2. The number of carboxylic acids is 1. The van der Waals surface area contributed by atoms with Crippen LogP contribution in [0.5, 0.6) is 0 Å². The molecule has 0 heterocycles. The molecule has 4 nitrogen and oxygen atoms in total. The molecule has 5 heteroatoms. The van der Waals surface area contributed by atoms with E-state index in [9.17, 15) is 9.18 Å². The van der Waals surface area contributed by atoms with Gasteiger partial charge in [0.05, 0.1) is 5.56 Å². The van der Waals surface area contributed by atoms with Crippen LogP contribution in [0.3, 0.4) is 0 Å². The van der Waals surface area contributed by atoms with E-state index in [2.05, 4.69) is 0 Å². The summed E-state index contributed by atoms with van der Waals surface area (Å²) < 4.78 is 13.8. The van der Waals surface area contributed by atoms with Crippen LogP contribution in [0.15, 0.2) is 36.4 Å². The molecule has 2 rings (SSSR count). The summed E-state index contributed by atoms with van der Waals surface area (Å²) in [5.74, 6) is -1.28. The third-order valence-corrected chi connectivity index (χ3v) is 2.89. The first-order valence-corrected chi connectivity index (χ1v) is 6.00. The van der Waals surface area contributed by atoms with Gasteiger partial charge >= 0.3 is 12.1 Å². The van der Waals surface area contributed by atoms with Crippen LogP contribution in [-0.4, -0.2) is 17.2 Å². The molecule has 0 saturated heterocycles. The number of rotatable bonds is 2. The number of aromatic carboxylic acids is 1. The van der Waals surface area contributed by atoms with Crippen molar-refractivity contribution in [1.29, 1.82) is 0 Å². The second-order valence-electron chi connectivity index (χ2n) is 4.40. The quantitative estimate of drug-likeness (QED) is 0.921. The molecule has 2 aromatic carbocycles. The SMILES string of the molecule is Cc1ccc(F)c(-c2ccc(C(=O)O)cc2C)c1.O=C=O. The third-order valence-electron chi connectivity index (χ3n) is 2.89. The van der Waals surface area contributed by atoms with Gasteiger partial charge in [-0.1, -0.05) is 17.7 Å². The van der Waals surface area contributed by atoms with E-state index >= 15 is 0 Å². The Labute approximate surface area is 120 Å². The summed E-state index contributed by atoms with van der Waals surface area (Å²) >= 11 is 0. The molecule has 0 saturated carbocycles. The summed E-state index contributed by atoms with van der Waals surface area (Å²) in [5, 5.41) is 8.90. The van der Waals surface area contributed by atoms with Crippen molar-refractivity contribution < 1.29 is 23.9 Å². The lowest BCUT2D eigenvalue weighted by Crippen LogP contribution is -1.98. The van der Waals surface area contributed by atoms with E-state index in [1.807, 2.05) is 6.92 Å². The van der Waals surface area contributed by atoms with Crippen LogP contribution < -0.4 is 0 Å². The van der Waals surface area contributed by atoms with Crippen molar-refractivity contribution in [3.8, 4) is 11.1 Å². The van der Waals surface area contributed by atoms with Crippen LogP contribution in [0.4, 0.5) is 4.39 Å². The summed E-state index contributed by atoms with van der Waals surface area (Å²) in [6.45, 7) is 3.67. The average molecular weight is 288 g/mol. The Morgan fingerprint density at radius 1 is 1.05 bits per heavy atom. The second-order valence-corrected chi connectivity index (χ2v) is 4.40. The Morgan fingerprint density at radius 2 is 1.67 bits per heavy atom. The van der Waals surface area contributed by atoms with Gasteiger partial charge in [0, 0.05) is 5.56 Å². The minimum absolute atomic E-state index is 0.212. The zero-order valence-corrected chi connectivity index (χ0v) is 11.5. The molecule has 0 aliphatic heterocycles. The largest absolute Gasteiger partial charge is 0.478 e. The zero-order chi connectivity index (χ0) is 16.0. The topological polar surface area (TPSA) is 71.4 Å². The van der Waals surface area contributed by atoms with Crippen molar-refractivity contribution in [3.05, 3.63) is 58.9 Å². The first-order valence-electron chi connectivity index (χ1n) is 6.00. The minimum Gasteiger partial charge on any atom is -0.478 e. The Hall–Kier alpha value is -2.78. The van der Waals surface area contributed by atoms with E-state index in [0.717, 1.165) is 16.7 Å². The molecule has 21 heavy (non-hydrogen) atoms. The van der Waals surface area contributed by atoms with E-state index < -0.39 is 5.97 Å². The van der Waals surface area contributed by atoms with Crippen molar-refractivity contribution in [3.63, 3.8) is 0 Å². The zero-order valence-electron chi connectivity index (χ0n) is 11.5. The lowest BCUT2D eigenvalue weighted by atomic mass is 9.97. The van der Waals surface area contributed by atoms with Gasteiger partial charge in [0.25, 0.3) is 0 Å². The summed E-state index contributed by atoms with van der Waals surface area (Å²) in [7, 11) is 0. The Kier molecular flexibility index (Phi) is 5.52. The van der Waals surface area contributed by atoms with Crippen molar-refractivity contribution in [2.45, 2.75) is 13.8 Å². The number of carbonyl (C=O) groups is 1. The van der Waals surface area contributed by atoms with Gasteiger partial charge in [-0.3, -0.25) is 0 Å². The number of carboxylic acid groups (broad SMARTS) is 1. The molecule has 0 unspecified atom stereocenters. The highest BCUT2D eigenvalue weighted by molar-refractivity contribution is 5.89. The third kappa shape index (κ3) is 4.09. The molecule has 0 aromatic heterocycles. The van der Waals surface area contributed by atoms with Crippen molar-refractivity contribution in [1.82, 2.24) is 0 Å². The molecular formula is C16H13FO4. The highest BCUT2D eigenvalue weighted by Crippen LogP contribution is 2.27. The number of halogens is 1. The summed E-state index contributed by atoms with van der Waals surface area (Å²) in [4.78, 5) is 27.1. The molecule has 108 valence electrons. The van der Waals surface area contributed by atoms with Crippen molar-refractivity contribution in [2.24, 2.45) is 0 Å². The molecule has 2 aromatic rings. The van der Waals surface area contributed by atoms with Crippen LogP contribution >= 0.6 is 0 Å². The molecule has 0 aliphatic carbocycles. The van der Waals surface area contributed by atoms with Crippen LogP contribution in [0.1, 0.15) is 21.5 Å². The van der Waals surface area contributed by atoms with Crippen LogP contribution in [0, 0.1) is 19.7 Å². The maximum Gasteiger partial charge on any atom is 0.373 e. The Bertz CT molecular complexity index is 701. The van der Waals surface area contributed by atoms with Crippen LogP contribution in [0.25, 0.3) is 11.1 Å². The second kappa shape index (κ2) is 7.12. The lowest BCUT2D eigenvalue weighted by molar-refractivity contribution is -0.191. The molecule has 0 spiro atoms. The first-order chi connectivity index (χ1) is 9.90. The van der Waals surface area contributed by atoms with E-state index in [1.165, 1.54) is 12.1 Å². The van der Waals surface area contributed by atoms with Gasteiger partial charge in [0.15, 0.2) is 0 Å². The highest BCUT2D eigenvalue weighted by Gasteiger charge is 2.10. The maximum absolute atomic E-state index is 13.8. The Balaban J connectivity index is 0.000000677. The molecule has 0 atom stereocenters. The fourth-order valence-corrected chi connectivity index (χ4v) is 1.94. The molecule has 0 amide bonds. The van der Waals surface area contributed by atoms with E-state index in [1.54, 1.807) is 31.2 Å². The van der Waals surface area contributed by atoms with E-state index in [0.29, 0.717) is 5.56 Å². The average Bonchev–Trinajstić information content (AvgIpc) is 2.42. The minimum atomic E-state index is -0.977. The lowest BCUT2D eigenvalue weighted by Gasteiger charge is -2.09. The molecule has 0 aliphatic rings. The molecular weight excluding hydrogens is 275 g/mol. The maximum atomic E-state index is 13.8. The van der Waals surface area contributed by atoms with E-state index in [4.69, 9.17) is 14.7 Å². The monoisotopic (exact) mass is 288 g/mol. The molecule has 0 fully saturated rings. The van der Waals surface area contributed by atoms with Crippen molar-refractivity contribution in [2.75, 3.05) is 0 Å². The van der Waals surface area contributed by atoms with Crippen LogP contribution in [-0.2, 0) is 9.59 Å². The number of aryl methyl sites for hydroxylation is 2. The number of hydrogen-bond acceptors (Lipinski definition) is 3.